The standard InChI is InChI=1S/C9H2ClF7O/c10-7(18)4-1-3(8(12,13)14)2-5(6(4)11)9(15,16)17/h1-2H. The first-order valence-corrected chi connectivity index (χ1v) is 4.50. The predicted molar refractivity (Wildman–Crippen MR) is 46.6 cm³/mol. The molecular formula is C9H2ClF7O. The van der Waals surface area contributed by atoms with E-state index in [0.29, 0.717) is 0 Å². The summed E-state index contributed by atoms with van der Waals surface area (Å²) in [6.07, 6.45) is -10.5. The number of carbonyl (C=O) groups excluding carboxylic acids is 1. The van der Waals surface area contributed by atoms with E-state index in [-0.39, 0.29) is 6.07 Å². The Balaban J connectivity index is 3.63. The van der Waals surface area contributed by atoms with E-state index < -0.39 is 46.2 Å². The van der Waals surface area contributed by atoms with Crippen molar-refractivity contribution in [3.05, 3.63) is 34.6 Å². The second-order valence-corrected chi connectivity index (χ2v) is 3.50. The van der Waals surface area contributed by atoms with E-state index >= 15 is 0 Å². The van der Waals surface area contributed by atoms with Crippen molar-refractivity contribution in [1.29, 1.82) is 0 Å². The lowest BCUT2D eigenvalue weighted by atomic mass is 10.0. The minimum Gasteiger partial charge on any atom is -0.275 e. The highest BCUT2D eigenvalue weighted by Gasteiger charge is 2.40. The maximum Gasteiger partial charge on any atom is 0.419 e. The molecule has 0 amide bonds. The molecule has 0 N–H and O–H groups in total. The zero-order chi connectivity index (χ0) is 14.3. The normalized spacial score (nSPS) is 12.7. The van der Waals surface area contributed by atoms with E-state index in [9.17, 15) is 35.5 Å². The van der Waals surface area contributed by atoms with Gasteiger partial charge < -0.3 is 0 Å². The molecule has 0 atom stereocenters. The molecule has 18 heavy (non-hydrogen) atoms. The van der Waals surface area contributed by atoms with Crippen molar-refractivity contribution in [2.75, 3.05) is 0 Å². The molecule has 100 valence electrons. The fourth-order valence-electron chi connectivity index (χ4n) is 1.14. The molecule has 0 aliphatic heterocycles. The van der Waals surface area contributed by atoms with Gasteiger partial charge in [-0.1, -0.05) is 0 Å². The molecule has 1 rings (SSSR count). The molecule has 0 bridgehead atoms. The number of hydrogen-bond acceptors (Lipinski definition) is 1. The minimum atomic E-state index is -5.37. The van der Waals surface area contributed by atoms with E-state index in [4.69, 9.17) is 11.6 Å². The molecule has 0 unspecified atom stereocenters. The van der Waals surface area contributed by atoms with Gasteiger partial charge in [0.05, 0.1) is 16.7 Å². The second-order valence-electron chi connectivity index (χ2n) is 3.15. The Bertz CT molecular complexity index is 489. The Morgan fingerprint density at radius 2 is 1.50 bits per heavy atom. The molecule has 0 fully saturated rings. The number of hydrogen-bond donors (Lipinski definition) is 0. The van der Waals surface area contributed by atoms with Crippen LogP contribution in [0.5, 0.6) is 0 Å². The second kappa shape index (κ2) is 4.42. The third kappa shape index (κ3) is 2.92. The molecule has 0 radical (unpaired) electrons. The highest BCUT2D eigenvalue weighted by Crippen LogP contribution is 2.38. The number of rotatable bonds is 1. The Labute approximate surface area is 100 Å². The van der Waals surface area contributed by atoms with Gasteiger partial charge in [0, 0.05) is 0 Å². The number of carbonyl (C=O) groups is 1. The summed E-state index contributed by atoms with van der Waals surface area (Å²) in [7, 11) is 0. The zero-order valence-corrected chi connectivity index (χ0v) is 8.84. The lowest BCUT2D eigenvalue weighted by Crippen LogP contribution is -2.15. The smallest absolute Gasteiger partial charge is 0.275 e. The van der Waals surface area contributed by atoms with Crippen LogP contribution >= 0.6 is 11.6 Å². The summed E-state index contributed by atoms with van der Waals surface area (Å²) in [4.78, 5) is 10.6. The molecule has 0 spiro atoms. The average molecular weight is 295 g/mol. The molecule has 0 aliphatic rings. The van der Waals surface area contributed by atoms with Crippen LogP contribution in [0.4, 0.5) is 30.7 Å². The third-order valence-electron chi connectivity index (χ3n) is 1.92. The van der Waals surface area contributed by atoms with Crippen molar-refractivity contribution in [2.45, 2.75) is 12.4 Å². The van der Waals surface area contributed by atoms with Crippen LogP contribution in [0.3, 0.4) is 0 Å². The van der Waals surface area contributed by atoms with Crippen LogP contribution in [0.25, 0.3) is 0 Å². The van der Waals surface area contributed by atoms with Crippen molar-refractivity contribution in [1.82, 2.24) is 0 Å². The van der Waals surface area contributed by atoms with Crippen molar-refractivity contribution in [3.63, 3.8) is 0 Å². The van der Waals surface area contributed by atoms with Crippen LogP contribution in [0.15, 0.2) is 12.1 Å². The highest BCUT2D eigenvalue weighted by molar-refractivity contribution is 6.67. The Morgan fingerprint density at radius 1 is 1.00 bits per heavy atom. The Kier molecular flexibility index (Phi) is 3.62. The molecule has 0 heterocycles. The van der Waals surface area contributed by atoms with E-state index in [1.54, 1.807) is 0 Å². The van der Waals surface area contributed by atoms with Crippen molar-refractivity contribution < 1.29 is 35.5 Å². The third-order valence-corrected chi connectivity index (χ3v) is 2.12. The van der Waals surface area contributed by atoms with Gasteiger partial charge in [-0.15, -0.1) is 0 Å². The largest absolute Gasteiger partial charge is 0.419 e. The van der Waals surface area contributed by atoms with Gasteiger partial charge in [-0.25, -0.2) is 4.39 Å². The van der Waals surface area contributed by atoms with E-state index in [1.807, 2.05) is 0 Å². The number of benzene rings is 1. The summed E-state index contributed by atoms with van der Waals surface area (Å²) in [5.74, 6) is -2.13. The lowest BCUT2D eigenvalue weighted by Gasteiger charge is -2.14. The van der Waals surface area contributed by atoms with E-state index in [0.717, 1.165) is 0 Å². The van der Waals surface area contributed by atoms with Crippen molar-refractivity contribution in [2.24, 2.45) is 0 Å². The topological polar surface area (TPSA) is 17.1 Å². The van der Waals surface area contributed by atoms with E-state index in [1.165, 1.54) is 0 Å². The summed E-state index contributed by atoms with van der Waals surface area (Å²) in [6.45, 7) is 0. The molecule has 0 aliphatic carbocycles. The van der Waals surface area contributed by atoms with Crippen LogP contribution < -0.4 is 0 Å². The van der Waals surface area contributed by atoms with Gasteiger partial charge in [-0.2, -0.15) is 26.3 Å². The maximum absolute atomic E-state index is 13.2. The van der Waals surface area contributed by atoms with Crippen molar-refractivity contribution in [3.8, 4) is 0 Å². The van der Waals surface area contributed by atoms with Gasteiger partial charge in [-0.3, -0.25) is 4.79 Å². The van der Waals surface area contributed by atoms with E-state index in [2.05, 4.69) is 0 Å². The van der Waals surface area contributed by atoms with Gasteiger partial charge >= 0.3 is 12.4 Å². The van der Waals surface area contributed by atoms with Gasteiger partial charge in [-0.05, 0) is 23.7 Å². The van der Waals surface area contributed by atoms with Crippen LogP contribution in [-0.4, -0.2) is 5.24 Å². The predicted octanol–water partition coefficient (Wildman–Crippen LogP) is 4.24. The van der Waals surface area contributed by atoms with Crippen LogP contribution in [0, 0.1) is 5.82 Å². The summed E-state index contributed by atoms with van der Waals surface area (Å²) in [6, 6.07) is -0.488. The molecule has 1 nitrogen and oxygen atoms in total. The number of halogens is 8. The molecule has 0 saturated heterocycles. The fraction of sp³-hybridized carbons (Fsp3) is 0.222. The summed E-state index contributed by atoms with van der Waals surface area (Å²) >= 11 is 4.74. The average Bonchev–Trinajstić information content (AvgIpc) is 2.13. The monoisotopic (exact) mass is 294 g/mol. The zero-order valence-electron chi connectivity index (χ0n) is 8.09. The van der Waals surface area contributed by atoms with Gasteiger partial charge in [0.25, 0.3) is 5.24 Å². The minimum absolute atomic E-state index is 0.0695. The first-order chi connectivity index (χ1) is 7.94. The molecule has 1 aromatic carbocycles. The van der Waals surface area contributed by atoms with Crippen molar-refractivity contribution >= 4 is 16.8 Å². The molecule has 0 aromatic heterocycles. The molecule has 9 heteroatoms. The van der Waals surface area contributed by atoms with Crippen LogP contribution in [0.2, 0.25) is 0 Å². The Morgan fingerprint density at radius 3 is 1.83 bits per heavy atom. The van der Waals surface area contributed by atoms with Gasteiger partial charge in [0.15, 0.2) is 0 Å². The Hall–Kier alpha value is -1.31. The van der Waals surface area contributed by atoms with Gasteiger partial charge in [0.1, 0.15) is 5.82 Å². The number of alkyl halides is 6. The summed E-state index contributed by atoms with van der Waals surface area (Å²) in [5, 5.41) is -1.75. The highest BCUT2D eigenvalue weighted by atomic mass is 35.5. The van der Waals surface area contributed by atoms with Crippen LogP contribution in [0.1, 0.15) is 21.5 Å². The quantitative estimate of drug-likeness (QED) is 0.559. The lowest BCUT2D eigenvalue weighted by molar-refractivity contribution is -0.144. The summed E-state index contributed by atoms with van der Waals surface area (Å²) in [5.41, 5.74) is -5.47. The summed E-state index contributed by atoms with van der Waals surface area (Å²) < 4.78 is 87.0. The molecule has 1 aromatic rings. The first kappa shape index (κ1) is 14.7. The first-order valence-electron chi connectivity index (χ1n) is 4.12. The molecular weight excluding hydrogens is 293 g/mol. The maximum atomic E-state index is 13.2. The van der Waals surface area contributed by atoms with Crippen LogP contribution in [-0.2, 0) is 12.4 Å². The SMILES string of the molecule is O=C(Cl)c1cc(C(F)(F)F)cc(C(F)(F)F)c1F. The molecule has 0 saturated carbocycles. The fourth-order valence-corrected chi connectivity index (χ4v) is 1.27. The van der Waals surface area contributed by atoms with Gasteiger partial charge in [0.2, 0.25) is 0 Å².